The van der Waals surface area contributed by atoms with E-state index in [-0.39, 0.29) is 41.1 Å². The third-order valence-electron chi connectivity index (χ3n) is 7.60. The molecule has 2 N–H and O–H groups in total. The van der Waals surface area contributed by atoms with E-state index in [0.29, 0.717) is 37.1 Å². The maximum absolute atomic E-state index is 13.1. The zero-order valence-electron chi connectivity index (χ0n) is 21.8. The molecule has 1 aliphatic heterocycles. The van der Waals surface area contributed by atoms with E-state index in [2.05, 4.69) is 31.4 Å². The van der Waals surface area contributed by atoms with Crippen LogP contribution in [0.3, 0.4) is 0 Å². The normalized spacial score (nSPS) is 21.0. The number of benzene rings is 2. The fraction of sp³-hybridized carbons (Fsp3) is 0.500. The first-order chi connectivity index (χ1) is 17.2. The highest BCUT2D eigenvalue weighted by molar-refractivity contribution is 5.95. The summed E-state index contributed by atoms with van der Waals surface area (Å²) in [6.45, 7) is 7.64. The van der Waals surface area contributed by atoms with E-state index in [0.717, 1.165) is 25.7 Å². The van der Waals surface area contributed by atoms with E-state index in [1.807, 2.05) is 47.4 Å². The second-order valence-electron chi connectivity index (χ2n) is 11.2. The minimum Gasteiger partial charge on any atom is -0.351 e. The second kappa shape index (κ2) is 11.3. The van der Waals surface area contributed by atoms with Gasteiger partial charge >= 0.3 is 0 Å². The summed E-state index contributed by atoms with van der Waals surface area (Å²) in [5.41, 5.74) is 2.59. The predicted octanol–water partition coefficient (Wildman–Crippen LogP) is 4.69. The number of nitrogens with one attached hydrogen (secondary N) is 2. The van der Waals surface area contributed by atoms with Crippen LogP contribution in [0.4, 0.5) is 0 Å². The zero-order valence-corrected chi connectivity index (χ0v) is 21.8. The molecule has 3 amide bonds. The van der Waals surface area contributed by atoms with Gasteiger partial charge in [0.15, 0.2) is 0 Å². The van der Waals surface area contributed by atoms with E-state index in [4.69, 9.17) is 0 Å². The number of piperidine rings is 1. The largest absolute Gasteiger partial charge is 0.351 e. The van der Waals surface area contributed by atoms with Crippen molar-refractivity contribution in [2.24, 2.45) is 5.92 Å². The second-order valence-corrected chi connectivity index (χ2v) is 11.2. The lowest BCUT2D eigenvalue weighted by molar-refractivity contribution is -0.127. The predicted molar refractivity (Wildman–Crippen MR) is 142 cm³/mol. The molecule has 1 heterocycles. The van der Waals surface area contributed by atoms with Crippen LogP contribution in [0, 0.1) is 5.92 Å². The van der Waals surface area contributed by atoms with Gasteiger partial charge in [-0.05, 0) is 60.9 Å². The molecule has 1 saturated heterocycles. The fourth-order valence-electron chi connectivity index (χ4n) is 5.26. The molecule has 0 radical (unpaired) electrons. The number of carbonyl (C=O) groups is 3. The van der Waals surface area contributed by atoms with Gasteiger partial charge in [0.05, 0.1) is 0 Å². The first kappa shape index (κ1) is 25.9. The van der Waals surface area contributed by atoms with Gasteiger partial charge in [-0.3, -0.25) is 14.4 Å². The molecule has 0 aromatic heterocycles. The number of rotatable bonds is 5. The van der Waals surface area contributed by atoms with Gasteiger partial charge < -0.3 is 15.5 Å². The van der Waals surface area contributed by atoms with Crippen LogP contribution < -0.4 is 10.6 Å². The van der Waals surface area contributed by atoms with Gasteiger partial charge in [0, 0.05) is 42.2 Å². The molecule has 1 saturated carbocycles. The molecular formula is C30H39N3O3. The molecule has 36 heavy (non-hydrogen) atoms. The molecular weight excluding hydrogens is 450 g/mol. The van der Waals surface area contributed by atoms with E-state index >= 15 is 0 Å². The van der Waals surface area contributed by atoms with Crippen LogP contribution in [0.5, 0.6) is 0 Å². The van der Waals surface area contributed by atoms with E-state index in [1.165, 1.54) is 5.56 Å². The molecule has 6 nitrogen and oxygen atoms in total. The lowest BCUT2D eigenvalue weighted by Crippen LogP contribution is -2.55. The minimum atomic E-state index is -0.107. The highest BCUT2D eigenvalue weighted by atomic mass is 16.2. The summed E-state index contributed by atoms with van der Waals surface area (Å²) in [5, 5.41) is 6.37. The maximum Gasteiger partial charge on any atom is 0.253 e. The van der Waals surface area contributed by atoms with Crippen molar-refractivity contribution < 1.29 is 14.4 Å². The summed E-state index contributed by atoms with van der Waals surface area (Å²) in [4.78, 5) is 40.6. The van der Waals surface area contributed by atoms with Crippen molar-refractivity contribution >= 4 is 17.7 Å². The summed E-state index contributed by atoms with van der Waals surface area (Å²) in [7, 11) is 0. The lowest BCUT2D eigenvalue weighted by Gasteiger charge is -2.36. The van der Waals surface area contributed by atoms with Gasteiger partial charge in [-0.25, -0.2) is 0 Å². The SMILES string of the molecule is CC(C)(C)c1ccc(C(=O)N2CCC(C(=O)N[C@@H]3CCCC[C@H]3NC(=O)c3ccccc3)CC2)cc1. The van der Waals surface area contributed by atoms with Crippen molar-refractivity contribution in [3.63, 3.8) is 0 Å². The Morgan fingerprint density at radius 3 is 1.92 bits per heavy atom. The van der Waals surface area contributed by atoms with E-state index < -0.39 is 0 Å². The van der Waals surface area contributed by atoms with E-state index in [1.54, 1.807) is 12.1 Å². The van der Waals surface area contributed by atoms with Crippen LogP contribution in [0.15, 0.2) is 54.6 Å². The Kier molecular flexibility index (Phi) is 8.12. The van der Waals surface area contributed by atoms with Crippen molar-refractivity contribution in [2.75, 3.05) is 13.1 Å². The van der Waals surface area contributed by atoms with Crippen molar-refractivity contribution in [1.82, 2.24) is 15.5 Å². The Hall–Kier alpha value is -3.15. The molecule has 1 aliphatic carbocycles. The van der Waals surface area contributed by atoms with Crippen LogP contribution in [0.1, 0.15) is 85.6 Å². The van der Waals surface area contributed by atoms with Crippen LogP contribution in [-0.2, 0) is 10.2 Å². The number of hydrogen-bond donors (Lipinski definition) is 2. The summed E-state index contributed by atoms with van der Waals surface area (Å²) >= 11 is 0. The highest BCUT2D eigenvalue weighted by Gasteiger charge is 2.32. The summed E-state index contributed by atoms with van der Waals surface area (Å²) in [6, 6.07) is 17.0. The molecule has 2 atom stereocenters. The van der Waals surface area contributed by atoms with Gasteiger partial charge in [-0.15, -0.1) is 0 Å². The average molecular weight is 490 g/mol. The van der Waals surface area contributed by atoms with Crippen LogP contribution in [0.25, 0.3) is 0 Å². The monoisotopic (exact) mass is 489 g/mol. The van der Waals surface area contributed by atoms with Gasteiger partial charge in [-0.2, -0.15) is 0 Å². The molecule has 6 heteroatoms. The first-order valence-corrected chi connectivity index (χ1v) is 13.3. The first-order valence-electron chi connectivity index (χ1n) is 13.3. The summed E-state index contributed by atoms with van der Waals surface area (Å²) in [6.07, 6.45) is 5.14. The average Bonchev–Trinajstić information content (AvgIpc) is 2.89. The zero-order chi connectivity index (χ0) is 25.7. The quantitative estimate of drug-likeness (QED) is 0.639. The van der Waals surface area contributed by atoms with Crippen LogP contribution >= 0.6 is 0 Å². The third-order valence-corrected chi connectivity index (χ3v) is 7.60. The third kappa shape index (κ3) is 6.34. The molecule has 0 spiro atoms. The number of likely N-dealkylation sites (tertiary alicyclic amines) is 1. The van der Waals surface area contributed by atoms with Gasteiger partial charge in [0.2, 0.25) is 5.91 Å². The Labute approximate surface area is 214 Å². The van der Waals surface area contributed by atoms with Crippen molar-refractivity contribution in [3.8, 4) is 0 Å². The van der Waals surface area contributed by atoms with Crippen molar-refractivity contribution in [1.29, 1.82) is 0 Å². The van der Waals surface area contributed by atoms with Gasteiger partial charge in [0.1, 0.15) is 0 Å². The Balaban J connectivity index is 1.29. The number of carbonyl (C=O) groups excluding carboxylic acids is 3. The Morgan fingerprint density at radius 1 is 0.750 bits per heavy atom. The highest BCUT2D eigenvalue weighted by Crippen LogP contribution is 2.25. The van der Waals surface area contributed by atoms with Crippen molar-refractivity contribution in [3.05, 3.63) is 71.3 Å². The number of hydrogen-bond acceptors (Lipinski definition) is 3. The molecule has 2 aromatic carbocycles. The molecule has 0 bridgehead atoms. The Bertz CT molecular complexity index is 1050. The van der Waals surface area contributed by atoms with E-state index in [9.17, 15) is 14.4 Å². The van der Waals surface area contributed by atoms with Crippen LogP contribution in [0.2, 0.25) is 0 Å². The molecule has 0 unspecified atom stereocenters. The Morgan fingerprint density at radius 2 is 1.33 bits per heavy atom. The molecule has 2 fully saturated rings. The van der Waals surface area contributed by atoms with Gasteiger partial charge in [0.25, 0.3) is 11.8 Å². The summed E-state index contributed by atoms with van der Waals surface area (Å²) < 4.78 is 0. The molecule has 4 rings (SSSR count). The molecule has 2 aliphatic rings. The topological polar surface area (TPSA) is 78.5 Å². The van der Waals surface area contributed by atoms with Crippen LogP contribution in [-0.4, -0.2) is 47.8 Å². The standard InChI is InChI=1S/C30H39N3O3/c1-30(2,3)24-15-13-23(14-16-24)29(36)33-19-17-22(18-20-33)28(35)32-26-12-8-7-11-25(26)31-27(34)21-9-5-4-6-10-21/h4-6,9-10,13-16,22,25-26H,7-8,11-12,17-20H2,1-3H3,(H,31,34)(H,32,35)/t25-,26-/m1/s1. The number of amides is 3. The fourth-order valence-corrected chi connectivity index (χ4v) is 5.26. The lowest BCUT2D eigenvalue weighted by atomic mass is 9.86. The number of nitrogens with zero attached hydrogens (tertiary/aromatic N) is 1. The minimum absolute atomic E-state index is 0.0327. The molecule has 192 valence electrons. The van der Waals surface area contributed by atoms with Gasteiger partial charge in [-0.1, -0.05) is 63.9 Å². The van der Waals surface area contributed by atoms with Crippen molar-refractivity contribution in [2.45, 2.75) is 76.8 Å². The smallest absolute Gasteiger partial charge is 0.253 e. The molecule has 2 aromatic rings. The maximum atomic E-state index is 13.1. The summed E-state index contributed by atoms with van der Waals surface area (Å²) in [5.74, 6) is -0.124.